The van der Waals surface area contributed by atoms with E-state index in [4.69, 9.17) is 19.9 Å². The molecule has 10 nitrogen and oxygen atoms in total. The number of hydrogen-bond donors (Lipinski definition) is 2. The maximum absolute atomic E-state index is 12.6. The average molecular weight is 463 g/mol. The van der Waals surface area contributed by atoms with Gasteiger partial charge in [0.15, 0.2) is 9.84 Å². The summed E-state index contributed by atoms with van der Waals surface area (Å²) in [5.41, 5.74) is 5.87. The number of aliphatic imine (C=N–C) groups is 1. The Morgan fingerprint density at radius 3 is 2.50 bits per heavy atom. The molecule has 3 N–H and O–H groups in total. The molecule has 1 aromatic heterocycles. The van der Waals surface area contributed by atoms with Gasteiger partial charge in [0.25, 0.3) is 5.91 Å². The fraction of sp³-hybridized carbons (Fsp3) is 0.286. The van der Waals surface area contributed by atoms with Gasteiger partial charge in [-0.15, -0.1) is 0 Å². The van der Waals surface area contributed by atoms with Crippen LogP contribution in [0.5, 0.6) is 17.5 Å². The highest BCUT2D eigenvalue weighted by Gasteiger charge is 2.15. The van der Waals surface area contributed by atoms with Crippen molar-refractivity contribution in [2.24, 2.45) is 10.7 Å². The van der Waals surface area contributed by atoms with Crippen LogP contribution in [-0.2, 0) is 14.6 Å². The van der Waals surface area contributed by atoms with Crippen molar-refractivity contribution in [2.75, 3.05) is 27.0 Å². The highest BCUT2D eigenvalue weighted by Crippen LogP contribution is 2.26. The molecule has 0 spiro atoms. The van der Waals surface area contributed by atoms with Crippen LogP contribution in [0.1, 0.15) is 17.3 Å². The van der Waals surface area contributed by atoms with E-state index in [0.29, 0.717) is 12.4 Å². The minimum absolute atomic E-state index is 0.00946. The van der Waals surface area contributed by atoms with E-state index in [2.05, 4.69) is 15.3 Å². The molecule has 2 aromatic rings. The Morgan fingerprint density at radius 1 is 1.25 bits per heavy atom. The van der Waals surface area contributed by atoms with Gasteiger partial charge in [-0.05, 0) is 43.5 Å². The van der Waals surface area contributed by atoms with Crippen LogP contribution in [-0.4, -0.2) is 58.3 Å². The molecule has 0 saturated heterocycles. The second-order valence-electron chi connectivity index (χ2n) is 6.73. The SMILES string of the molecule is CN/C=C\C(N)=NC(=O)c1cc(Oc2ccc(S(C)(=O)=O)cc2)nc(OC(C)COC)c1. The van der Waals surface area contributed by atoms with Gasteiger partial charge in [0.1, 0.15) is 17.7 Å². The molecule has 172 valence electrons. The fourth-order valence-corrected chi connectivity index (χ4v) is 3.09. The van der Waals surface area contributed by atoms with E-state index in [1.807, 2.05) is 0 Å². The number of sulfone groups is 1. The maximum Gasteiger partial charge on any atom is 0.279 e. The minimum Gasteiger partial charge on any atom is -0.472 e. The summed E-state index contributed by atoms with van der Waals surface area (Å²) >= 11 is 0. The number of methoxy groups -OCH3 is 1. The van der Waals surface area contributed by atoms with Gasteiger partial charge in [0.2, 0.25) is 11.8 Å². The zero-order chi connectivity index (χ0) is 23.7. The second kappa shape index (κ2) is 11.3. The van der Waals surface area contributed by atoms with E-state index in [1.54, 1.807) is 14.0 Å². The molecule has 0 aliphatic heterocycles. The summed E-state index contributed by atoms with van der Waals surface area (Å²) < 4.78 is 39.7. The standard InChI is InChI=1S/C21H26N4O6S/c1-14(13-29-3)30-19-11-15(21(26)24-18(22)9-10-23-2)12-20(25-19)31-16-5-7-17(8-6-16)32(4,27)28/h5-12,14,23H,13H2,1-4H3,(H2,22,24,26)/b10-9-. The van der Waals surface area contributed by atoms with Crippen molar-refractivity contribution in [2.45, 2.75) is 17.9 Å². The maximum atomic E-state index is 12.6. The van der Waals surface area contributed by atoms with E-state index < -0.39 is 15.7 Å². The number of nitrogens with one attached hydrogen (secondary N) is 1. The number of aromatic nitrogens is 1. The van der Waals surface area contributed by atoms with Gasteiger partial charge in [-0.3, -0.25) is 4.79 Å². The molecule has 1 heterocycles. The first-order valence-electron chi connectivity index (χ1n) is 9.50. The number of rotatable bonds is 10. The summed E-state index contributed by atoms with van der Waals surface area (Å²) in [7, 11) is -0.113. The number of hydrogen-bond acceptors (Lipinski definition) is 8. The molecular formula is C21H26N4O6S. The quantitative estimate of drug-likeness (QED) is 0.400. The lowest BCUT2D eigenvalue weighted by molar-refractivity contribution is 0.0882. The topological polar surface area (TPSA) is 142 Å². The van der Waals surface area contributed by atoms with E-state index in [0.717, 1.165) is 6.26 Å². The Morgan fingerprint density at radius 2 is 1.91 bits per heavy atom. The summed E-state index contributed by atoms with van der Waals surface area (Å²) in [5.74, 6) is -0.0995. The number of ether oxygens (including phenoxy) is 3. The monoisotopic (exact) mass is 462 g/mol. The highest BCUT2D eigenvalue weighted by molar-refractivity contribution is 7.90. The molecule has 1 unspecified atom stereocenters. The summed E-state index contributed by atoms with van der Waals surface area (Å²) in [6.07, 6.45) is 3.75. The second-order valence-corrected chi connectivity index (χ2v) is 8.74. The molecule has 0 radical (unpaired) electrons. The zero-order valence-corrected chi connectivity index (χ0v) is 19.0. The molecule has 0 aliphatic rings. The van der Waals surface area contributed by atoms with Crippen molar-refractivity contribution in [3.63, 3.8) is 0 Å². The molecule has 1 atom stereocenters. The first kappa shape index (κ1) is 24.8. The van der Waals surface area contributed by atoms with Crippen LogP contribution < -0.4 is 20.5 Å². The fourth-order valence-electron chi connectivity index (χ4n) is 2.46. The molecule has 32 heavy (non-hydrogen) atoms. The molecule has 1 amide bonds. The third-order valence-corrected chi connectivity index (χ3v) is 5.00. The predicted molar refractivity (Wildman–Crippen MR) is 120 cm³/mol. The van der Waals surface area contributed by atoms with E-state index >= 15 is 0 Å². The summed E-state index contributed by atoms with van der Waals surface area (Å²) in [6.45, 7) is 2.09. The van der Waals surface area contributed by atoms with Crippen LogP contribution in [0.3, 0.4) is 0 Å². The average Bonchev–Trinajstić information content (AvgIpc) is 2.72. The third kappa shape index (κ3) is 7.67. The van der Waals surface area contributed by atoms with Gasteiger partial charge in [0.05, 0.1) is 17.1 Å². The largest absolute Gasteiger partial charge is 0.472 e. The molecule has 0 saturated carbocycles. The van der Waals surface area contributed by atoms with Crippen molar-refractivity contribution >= 4 is 21.6 Å². The molecule has 11 heteroatoms. The summed E-state index contributed by atoms with van der Waals surface area (Å²) in [4.78, 5) is 20.8. The molecular weight excluding hydrogens is 436 g/mol. The zero-order valence-electron chi connectivity index (χ0n) is 18.2. The molecule has 0 fully saturated rings. The Balaban J connectivity index is 2.37. The lowest BCUT2D eigenvalue weighted by atomic mass is 10.2. The van der Waals surface area contributed by atoms with Crippen LogP contribution in [0.4, 0.5) is 0 Å². The number of amidine groups is 1. The van der Waals surface area contributed by atoms with Crippen molar-refractivity contribution in [1.29, 1.82) is 0 Å². The van der Waals surface area contributed by atoms with Crippen LogP contribution in [0, 0.1) is 0 Å². The number of amides is 1. The minimum atomic E-state index is -3.34. The van der Waals surface area contributed by atoms with Crippen LogP contribution in [0.2, 0.25) is 0 Å². The van der Waals surface area contributed by atoms with Crippen molar-refractivity contribution in [3.05, 3.63) is 54.2 Å². The number of nitrogens with two attached hydrogens (primary N) is 1. The van der Waals surface area contributed by atoms with Gasteiger partial charge in [0, 0.05) is 32.5 Å². The number of pyridine rings is 1. The molecule has 0 aliphatic carbocycles. The Bertz CT molecular complexity index is 1100. The van der Waals surface area contributed by atoms with E-state index in [9.17, 15) is 13.2 Å². The van der Waals surface area contributed by atoms with Crippen LogP contribution in [0.15, 0.2) is 58.6 Å². The summed E-state index contributed by atoms with van der Waals surface area (Å²) in [6, 6.07) is 8.61. The smallest absolute Gasteiger partial charge is 0.279 e. The summed E-state index contributed by atoms with van der Waals surface area (Å²) in [5, 5.41) is 2.75. The van der Waals surface area contributed by atoms with Gasteiger partial charge >= 0.3 is 0 Å². The lowest BCUT2D eigenvalue weighted by Gasteiger charge is -2.14. The first-order chi connectivity index (χ1) is 15.1. The van der Waals surface area contributed by atoms with Crippen LogP contribution in [0.25, 0.3) is 0 Å². The Hall–Kier alpha value is -3.44. The number of nitrogens with zero attached hydrogens (tertiary/aromatic N) is 2. The van der Waals surface area contributed by atoms with Crippen LogP contribution >= 0.6 is 0 Å². The highest BCUT2D eigenvalue weighted by atomic mass is 32.2. The number of carbonyl (C=O) groups is 1. The predicted octanol–water partition coefficient (Wildman–Crippen LogP) is 1.92. The molecule has 0 bridgehead atoms. The first-order valence-corrected chi connectivity index (χ1v) is 11.4. The third-order valence-electron chi connectivity index (χ3n) is 3.87. The number of carbonyl (C=O) groups excluding carboxylic acids is 1. The lowest BCUT2D eigenvalue weighted by Crippen LogP contribution is -2.19. The van der Waals surface area contributed by atoms with Gasteiger partial charge in [-0.25, -0.2) is 8.42 Å². The van der Waals surface area contributed by atoms with Gasteiger partial charge < -0.3 is 25.3 Å². The van der Waals surface area contributed by atoms with Crippen molar-refractivity contribution in [3.8, 4) is 17.5 Å². The Labute approximate surface area is 187 Å². The van der Waals surface area contributed by atoms with Gasteiger partial charge in [-0.1, -0.05) is 0 Å². The van der Waals surface area contributed by atoms with Crippen molar-refractivity contribution in [1.82, 2.24) is 10.3 Å². The Kier molecular flexibility index (Phi) is 8.73. The normalized spacial score (nSPS) is 13.1. The van der Waals surface area contributed by atoms with Gasteiger partial charge in [-0.2, -0.15) is 9.98 Å². The van der Waals surface area contributed by atoms with Crippen molar-refractivity contribution < 1.29 is 27.4 Å². The molecule has 1 aromatic carbocycles. The molecule has 2 rings (SSSR count). The van der Waals surface area contributed by atoms with E-state index in [-0.39, 0.29) is 34.2 Å². The van der Waals surface area contributed by atoms with E-state index in [1.165, 1.54) is 55.8 Å². The number of benzene rings is 1.